The molecule has 4 aromatic rings. The molecule has 2 aromatic carbocycles. The van der Waals surface area contributed by atoms with Crippen molar-refractivity contribution in [3.05, 3.63) is 75.9 Å². The lowest BCUT2D eigenvalue weighted by Gasteiger charge is -1.98. The van der Waals surface area contributed by atoms with Crippen LogP contribution in [0.1, 0.15) is 22.0 Å². The van der Waals surface area contributed by atoms with E-state index in [0.29, 0.717) is 18.1 Å². The maximum atomic E-state index is 5.41. The summed E-state index contributed by atoms with van der Waals surface area (Å²) in [5.74, 6) is 1.21. The van der Waals surface area contributed by atoms with Crippen LogP contribution in [-0.2, 0) is 6.42 Å². The fraction of sp³-hybridized carbons (Fsp3) is 0.150. The van der Waals surface area contributed by atoms with E-state index in [2.05, 4.69) is 46.7 Å². The third-order valence-corrected chi connectivity index (χ3v) is 4.90. The van der Waals surface area contributed by atoms with Crippen LogP contribution in [0.4, 0.5) is 0 Å². The predicted molar refractivity (Wildman–Crippen MR) is 99.6 cm³/mol. The normalized spacial score (nSPS) is 11.0. The zero-order valence-corrected chi connectivity index (χ0v) is 14.9. The Morgan fingerprint density at radius 2 is 1.76 bits per heavy atom. The Bertz CT molecular complexity index is 1000. The minimum Gasteiger partial charge on any atom is -0.339 e. The van der Waals surface area contributed by atoms with Crippen molar-refractivity contribution in [1.29, 1.82) is 0 Å². The van der Waals surface area contributed by atoms with E-state index in [1.807, 2.05) is 31.2 Å². The van der Waals surface area contributed by atoms with Crippen LogP contribution in [0.2, 0.25) is 0 Å². The highest BCUT2D eigenvalue weighted by atomic mass is 32.1. The Morgan fingerprint density at radius 1 is 0.960 bits per heavy atom. The van der Waals surface area contributed by atoms with E-state index >= 15 is 0 Å². The van der Waals surface area contributed by atoms with E-state index in [9.17, 15) is 0 Å². The highest BCUT2D eigenvalue weighted by Gasteiger charge is 2.13. The van der Waals surface area contributed by atoms with Gasteiger partial charge in [-0.25, -0.2) is 4.98 Å². The molecular weight excluding hydrogens is 330 g/mol. The first-order valence-electron chi connectivity index (χ1n) is 8.09. The van der Waals surface area contributed by atoms with Crippen molar-refractivity contribution in [2.45, 2.75) is 20.3 Å². The van der Waals surface area contributed by atoms with Gasteiger partial charge in [0, 0.05) is 16.5 Å². The second kappa shape index (κ2) is 6.61. The van der Waals surface area contributed by atoms with Gasteiger partial charge >= 0.3 is 0 Å². The first kappa shape index (κ1) is 15.7. The topological polar surface area (TPSA) is 51.8 Å². The van der Waals surface area contributed by atoms with Gasteiger partial charge in [0.25, 0.3) is 0 Å². The van der Waals surface area contributed by atoms with E-state index in [4.69, 9.17) is 9.51 Å². The summed E-state index contributed by atoms with van der Waals surface area (Å²) in [7, 11) is 0. The molecule has 124 valence electrons. The highest BCUT2D eigenvalue weighted by Crippen LogP contribution is 2.25. The van der Waals surface area contributed by atoms with Crippen molar-refractivity contribution in [3.63, 3.8) is 0 Å². The number of hydrogen-bond acceptors (Lipinski definition) is 5. The molecule has 0 saturated heterocycles. The first-order valence-corrected chi connectivity index (χ1v) is 8.97. The van der Waals surface area contributed by atoms with E-state index < -0.39 is 0 Å². The van der Waals surface area contributed by atoms with Crippen molar-refractivity contribution in [2.75, 3.05) is 0 Å². The third kappa shape index (κ3) is 3.37. The minimum atomic E-state index is 0.551. The minimum absolute atomic E-state index is 0.551. The van der Waals surface area contributed by atoms with Crippen LogP contribution in [0.3, 0.4) is 0 Å². The van der Waals surface area contributed by atoms with Crippen molar-refractivity contribution in [2.24, 2.45) is 0 Å². The molecule has 0 spiro atoms. The van der Waals surface area contributed by atoms with Crippen LogP contribution in [0.15, 0.2) is 58.4 Å². The van der Waals surface area contributed by atoms with Crippen LogP contribution >= 0.6 is 11.3 Å². The molecule has 0 aliphatic carbocycles. The number of aromatic nitrogens is 3. The fourth-order valence-corrected chi connectivity index (χ4v) is 3.43. The van der Waals surface area contributed by atoms with Crippen LogP contribution in [0, 0.1) is 13.8 Å². The third-order valence-electron chi connectivity index (χ3n) is 4.06. The van der Waals surface area contributed by atoms with Gasteiger partial charge in [-0.1, -0.05) is 59.3 Å². The number of hydrogen-bond donors (Lipinski definition) is 0. The second-order valence-electron chi connectivity index (χ2n) is 6.00. The van der Waals surface area contributed by atoms with Crippen LogP contribution < -0.4 is 0 Å². The Balaban J connectivity index is 1.54. The smallest absolute Gasteiger partial charge is 0.233 e. The van der Waals surface area contributed by atoms with Crippen molar-refractivity contribution >= 4 is 11.3 Å². The maximum Gasteiger partial charge on any atom is 0.233 e. The number of thiazole rings is 1. The summed E-state index contributed by atoms with van der Waals surface area (Å²) in [6.45, 7) is 4.12. The molecule has 0 fully saturated rings. The number of benzene rings is 2. The lowest BCUT2D eigenvalue weighted by molar-refractivity contribution is 0.385. The van der Waals surface area contributed by atoms with E-state index in [1.54, 1.807) is 11.3 Å². The molecule has 0 aliphatic rings. The molecule has 0 aliphatic heterocycles. The highest BCUT2D eigenvalue weighted by molar-refractivity contribution is 7.10. The largest absolute Gasteiger partial charge is 0.339 e. The molecular formula is C20H17N3OS. The summed E-state index contributed by atoms with van der Waals surface area (Å²) in [4.78, 5) is 9.21. The average Bonchev–Trinajstić information content (AvgIpc) is 3.26. The molecule has 0 radical (unpaired) electrons. The molecule has 0 unspecified atom stereocenters. The van der Waals surface area contributed by atoms with E-state index in [-0.39, 0.29) is 0 Å². The van der Waals surface area contributed by atoms with Gasteiger partial charge in [0.1, 0.15) is 5.01 Å². The molecule has 0 N–H and O–H groups in total. The lowest BCUT2D eigenvalue weighted by atomic mass is 10.1. The summed E-state index contributed by atoms with van der Waals surface area (Å²) >= 11 is 1.61. The number of nitrogens with zero attached hydrogens (tertiary/aromatic N) is 3. The van der Waals surface area contributed by atoms with Crippen LogP contribution in [-0.4, -0.2) is 15.1 Å². The van der Waals surface area contributed by atoms with Crippen molar-refractivity contribution < 1.29 is 4.52 Å². The lowest BCUT2D eigenvalue weighted by Crippen LogP contribution is -1.89. The van der Waals surface area contributed by atoms with Gasteiger partial charge in [0.05, 0.1) is 12.1 Å². The Morgan fingerprint density at radius 3 is 2.56 bits per heavy atom. The molecule has 0 amide bonds. The Kier molecular flexibility index (Phi) is 4.15. The van der Waals surface area contributed by atoms with Crippen molar-refractivity contribution in [1.82, 2.24) is 15.1 Å². The standard InChI is InChI=1S/C20H17N3OS/c1-13-7-9-15(10-8-13)17-12-25-19(21-17)11-18-22-20(23-24-18)16-6-4-3-5-14(16)2/h3-10,12H,11H2,1-2H3. The van der Waals surface area contributed by atoms with Crippen LogP contribution in [0.5, 0.6) is 0 Å². The fourth-order valence-electron chi connectivity index (χ4n) is 2.64. The van der Waals surface area contributed by atoms with Crippen molar-refractivity contribution in [3.8, 4) is 22.6 Å². The molecule has 5 heteroatoms. The molecule has 4 nitrogen and oxygen atoms in total. The zero-order chi connectivity index (χ0) is 17.2. The molecule has 25 heavy (non-hydrogen) atoms. The number of aryl methyl sites for hydroxylation is 2. The summed E-state index contributed by atoms with van der Waals surface area (Å²) in [6.07, 6.45) is 0.551. The summed E-state index contributed by atoms with van der Waals surface area (Å²) in [6, 6.07) is 16.4. The van der Waals surface area contributed by atoms with Gasteiger partial charge in [-0.3, -0.25) is 0 Å². The molecule has 4 rings (SSSR count). The molecule has 0 saturated carbocycles. The Labute approximate surface area is 150 Å². The second-order valence-corrected chi connectivity index (χ2v) is 6.94. The van der Waals surface area contributed by atoms with Crippen LogP contribution in [0.25, 0.3) is 22.6 Å². The first-order chi connectivity index (χ1) is 12.2. The van der Waals surface area contributed by atoms with Gasteiger partial charge in [-0.15, -0.1) is 11.3 Å². The summed E-state index contributed by atoms with van der Waals surface area (Å²) < 4.78 is 5.41. The SMILES string of the molecule is Cc1ccc(-c2csc(Cc3nc(-c4ccccc4C)no3)n2)cc1. The number of rotatable bonds is 4. The quantitative estimate of drug-likeness (QED) is 0.517. The average molecular weight is 347 g/mol. The zero-order valence-electron chi connectivity index (χ0n) is 14.1. The monoisotopic (exact) mass is 347 g/mol. The molecule has 0 bridgehead atoms. The Hall–Kier alpha value is -2.79. The molecule has 2 aromatic heterocycles. The van der Waals surface area contributed by atoms with Gasteiger partial charge in [0.2, 0.25) is 11.7 Å². The summed E-state index contributed by atoms with van der Waals surface area (Å²) in [5, 5.41) is 7.15. The predicted octanol–water partition coefficient (Wildman–Crippen LogP) is 5.07. The van der Waals surface area contributed by atoms with E-state index in [0.717, 1.165) is 27.4 Å². The molecule has 2 heterocycles. The van der Waals surface area contributed by atoms with E-state index in [1.165, 1.54) is 5.56 Å². The maximum absolute atomic E-state index is 5.41. The van der Waals surface area contributed by atoms with Gasteiger partial charge in [-0.2, -0.15) is 4.98 Å². The summed E-state index contributed by atoms with van der Waals surface area (Å²) in [5.41, 5.74) is 5.48. The van der Waals surface area contributed by atoms with Gasteiger partial charge < -0.3 is 4.52 Å². The van der Waals surface area contributed by atoms with Gasteiger partial charge in [0.15, 0.2) is 0 Å². The van der Waals surface area contributed by atoms with Gasteiger partial charge in [-0.05, 0) is 19.4 Å². The molecule has 0 atom stereocenters.